The molecule has 0 unspecified atom stereocenters. The van der Waals surface area contributed by atoms with Crippen LogP contribution in [0.3, 0.4) is 0 Å². The summed E-state index contributed by atoms with van der Waals surface area (Å²) >= 11 is 3.46. The van der Waals surface area contributed by atoms with Gasteiger partial charge in [-0.1, -0.05) is 28.1 Å². The van der Waals surface area contributed by atoms with Crippen molar-refractivity contribution in [1.29, 1.82) is 0 Å². The molecule has 0 fully saturated rings. The molecule has 1 aromatic heterocycles. The van der Waals surface area contributed by atoms with Gasteiger partial charge in [-0.05, 0) is 44.5 Å². The van der Waals surface area contributed by atoms with Crippen LogP contribution in [-0.4, -0.2) is 30.6 Å². The summed E-state index contributed by atoms with van der Waals surface area (Å²) in [6, 6.07) is 11.7. The van der Waals surface area contributed by atoms with Crippen LogP contribution in [0, 0.1) is 6.92 Å². The van der Waals surface area contributed by atoms with Crippen molar-refractivity contribution in [2.24, 2.45) is 0 Å². The normalized spacial score (nSPS) is 10.6. The minimum absolute atomic E-state index is 0.0905. The number of halogens is 1. The summed E-state index contributed by atoms with van der Waals surface area (Å²) in [6.07, 6.45) is 0.808. The molecular weight excluding hydrogens is 356 g/mol. The number of benzene rings is 1. The minimum atomic E-state index is -0.0905. The van der Waals surface area contributed by atoms with Crippen molar-refractivity contribution < 1.29 is 9.53 Å². The van der Waals surface area contributed by atoms with E-state index >= 15 is 0 Å². The largest absolute Gasteiger partial charge is 0.382 e. The van der Waals surface area contributed by atoms with Gasteiger partial charge in [-0.2, -0.15) is 0 Å². The number of pyridine rings is 1. The third-order valence-corrected chi connectivity index (χ3v) is 3.90. The SMILES string of the molecule is CCOCCCNC(=O)c1ccc(-c2cccc(Br)c2)nc1C. The summed E-state index contributed by atoms with van der Waals surface area (Å²) in [7, 11) is 0. The Labute approximate surface area is 145 Å². The molecule has 0 bridgehead atoms. The Bertz CT molecular complexity index is 674. The van der Waals surface area contributed by atoms with Crippen molar-refractivity contribution in [2.45, 2.75) is 20.3 Å². The molecule has 23 heavy (non-hydrogen) atoms. The van der Waals surface area contributed by atoms with Crippen LogP contribution < -0.4 is 5.32 Å². The summed E-state index contributed by atoms with van der Waals surface area (Å²) in [4.78, 5) is 16.8. The molecule has 1 heterocycles. The maximum atomic E-state index is 12.2. The fourth-order valence-corrected chi connectivity index (χ4v) is 2.62. The maximum absolute atomic E-state index is 12.2. The number of nitrogens with one attached hydrogen (secondary N) is 1. The van der Waals surface area contributed by atoms with Gasteiger partial charge in [0.05, 0.1) is 17.0 Å². The predicted octanol–water partition coefficient (Wildman–Crippen LogP) is 3.98. The molecule has 0 saturated heterocycles. The number of aryl methyl sites for hydroxylation is 1. The summed E-state index contributed by atoms with van der Waals surface area (Å²) in [5.74, 6) is -0.0905. The molecule has 0 aliphatic carbocycles. The molecule has 2 aromatic rings. The van der Waals surface area contributed by atoms with E-state index in [1.807, 2.05) is 50.2 Å². The Morgan fingerprint density at radius 1 is 1.30 bits per heavy atom. The lowest BCUT2D eigenvalue weighted by Crippen LogP contribution is -2.26. The lowest BCUT2D eigenvalue weighted by atomic mass is 10.1. The van der Waals surface area contributed by atoms with Gasteiger partial charge in [0.2, 0.25) is 0 Å². The molecule has 1 N–H and O–H groups in total. The van der Waals surface area contributed by atoms with Crippen molar-refractivity contribution in [3.05, 3.63) is 52.1 Å². The number of rotatable bonds is 7. The second-order valence-electron chi connectivity index (χ2n) is 5.15. The van der Waals surface area contributed by atoms with Gasteiger partial charge in [-0.15, -0.1) is 0 Å². The van der Waals surface area contributed by atoms with Gasteiger partial charge in [-0.3, -0.25) is 9.78 Å². The van der Waals surface area contributed by atoms with Crippen molar-refractivity contribution in [3.63, 3.8) is 0 Å². The number of aromatic nitrogens is 1. The van der Waals surface area contributed by atoms with Crippen molar-refractivity contribution >= 4 is 21.8 Å². The van der Waals surface area contributed by atoms with Gasteiger partial charge in [0.15, 0.2) is 0 Å². The van der Waals surface area contributed by atoms with Crippen molar-refractivity contribution in [2.75, 3.05) is 19.8 Å². The van der Waals surface area contributed by atoms with Gasteiger partial charge in [0, 0.05) is 29.8 Å². The highest BCUT2D eigenvalue weighted by molar-refractivity contribution is 9.10. The van der Waals surface area contributed by atoms with E-state index < -0.39 is 0 Å². The molecule has 2 rings (SSSR count). The first-order valence-electron chi connectivity index (χ1n) is 7.71. The van der Waals surface area contributed by atoms with Crippen molar-refractivity contribution in [3.8, 4) is 11.3 Å². The molecule has 0 aliphatic rings. The van der Waals surface area contributed by atoms with Gasteiger partial charge in [0.25, 0.3) is 5.91 Å². The number of carbonyl (C=O) groups is 1. The lowest BCUT2D eigenvalue weighted by Gasteiger charge is -2.09. The molecule has 1 aromatic carbocycles. The summed E-state index contributed by atoms with van der Waals surface area (Å²) < 4.78 is 6.26. The topological polar surface area (TPSA) is 51.2 Å². The fourth-order valence-electron chi connectivity index (χ4n) is 2.23. The van der Waals surface area contributed by atoms with Crippen LogP contribution in [0.5, 0.6) is 0 Å². The Balaban J connectivity index is 2.03. The first kappa shape index (κ1) is 17.6. The molecule has 122 valence electrons. The number of ether oxygens (including phenoxy) is 1. The summed E-state index contributed by atoms with van der Waals surface area (Å²) in [5.41, 5.74) is 3.22. The Morgan fingerprint density at radius 2 is 2.13 bits per heavy atom. The average Bonchev–Trinajstić information content (AvgIpc) is 2.54. The van der Waals surface area contributed by atoms with Crippen LogP contribution in [0.15, 0.2) is 40.9 Å². The zero-order valence-electron chi connectivity index (χ0n) is 13.4. The van der Waals surface area contributed by atoms with E-state index in [0.29, 0.717) is 25.3 Å². The van der Waals surface area contributed by atoms with Crippen LogP contribution in [0.25, 0.3) is 11.3 Å². The molecular formula is C18H21BrN2O2. The van der Waals surface area contributed by atoms with Gasteiger partial charge in [0.1, 0.15) is 0 Å². The molecule has 4 nitrogen and oxygen atoms in total. The first-order chi connectivity index (χ1) is 11.1. The highest BCUT2D eigenvalue weighted by atomic mass is 79.9. The van der Waals surface area contributed by atoms with Crippen LogP contribution in [0.1, 0.15) is 29.4 Å². The average molecular weight is 377 g/mol. The quantitative estimate of drug-likeness (QED) is 0.743. The number of carbonyl (C=O) groups excluding carboxylic acids is 1. The number of nitrogens with zero attached hydrogens (tertiary/aromatic N) is 1. The Morgan fingerprint density at radius 3 is 2.83 bits per heavy atom. The molecule has 0 atom stereocenters. The zero-order chi connectivity index (χ0) is 16.7. The number of amides is 1. The summed E-state index contributed by atoms with van der Waals surface area (Å²) in [6.45, 7) is 5.78. The second kappa shape index (κ2) is 8.79. The molecule has 0 aliphatic heterocycles. The molecule has 0 saturated carbocycles. The maximum Gasteiger partial charge on any atom is 0.253 e. The number of hydrogen-bond donors (Lipinski definition) is 1. The standard InChI is InChI=1S/C18H21BrN2O2/c1-3-23-11-5-10-20-18(22)16-8-9-17(21-13(16)2)14-6-4-7-15(19)12-14/h4,6-9,12H,3,5,10-11H2,1-2H3,(H,20,22). The van der Waals surface area contributed by atoms with Crippen LogP contribution >= 0.6 is 15.9 Å². The zero-order valence-corrected chi connectivity index (χ0v) is 15.0. The predicted molar refractivity (Wildman–Crippen MR) is 95.6 cm³/mol. The highest BCUT2D eigenvalue weighted by Crippen LogP contribution is 2.22. The van der Waals surface area contributed by atoms with E-state index in [9.17, 15) is 4.79 Å². The van der Waals surface area contributed by atoms with E-state index in [1.54, 1.807) is 0 Å². The third-order valence-electron chi connectivity index (χ3n) is 3.41. The Hall–Kier alpha value is -1.72. The minimum Gasteiger partial charge on any atom is -0.382 e. The van der Waals surface area contributed by atoms with Crippen LogP contribution in [0.2, 0.25) is 0 Å². The van der Waals surface area contributed by atoms with E-state index in [4.69, 9.17) is 4.74 Å². The molecule has 0 radical (unpaired) electrons. The highest BCUT2D eigenvalue weighted by Gasteiger charge is 2.11. The van der Waals surface area contributed by atoms with Gasteiger partial charge >= 0.3 is 0 Å². The fraction of sp³-hybridized carbons (Fsp3) is 0.333. The summed E-state index contributed by atoms with van der Waals surface area (Å²) in [5, 5.41) is 2.90. The van der Waals surface area contributed by atoms with E-state index in [1.165, 1.54) is 0 Å². The second-order valence-corrected chi connectivity index (χ2v) is 6.06. The van der Waals surface area contributed by atoms with E-state index in [-0.39, 0.29) is 5.91 Å². The van der Waals surface area contributed by atoms with Crippen LogP contribution in [0.4, 0.5) is 0 Å². The van der Waals surface area contributed by atoms with Crippen molar-refractivity contribution in [1.82, 2.24) is 10.3 Å². The Kier molecular flexibility index (Phi) is 6.74. The molecule has 0 spiro atoms. The first-order valence-corrected chi connectivity index (χ1v) is 8.50. The lowest BCUT2D eigenvalue weighted by molar-refractivity contribution is 0.0943. The third kappa shape index (κ3) is 5.15. The van der Waals surface area contributed by atoms with Gasteiger partial charge < -0.3 is 10.1 Å². The smallest absolute Gasteiger partial charge is 0.253 e. The molecule has 1 amide bonds. The van der Waals surface area contributed by atoms with E-state index in [2.05, 4.69) is 26.2 Å². The monoisotopic (exact) mass is 376 g/mol. The van der Waals surface area contributed by atoms with Gasteiger partial charge in [-0.25, -0.2) is 0 Å². The van der Waals surface area contributed by atoms with E-state index in [0.717, 1.165) is 27.8 Å². The molecule has 5 heteroatoms. The number of hydrogen-bond acceptors (Lipinski definition) is 3. The van der Waals surface area contributed by atoms with Crippen LogP contribution in [-0.2, 0) is 4.74 Å².